The van der Waals surface area contributed by atoms with Crippen molar-refractivity contribution in [3.05, 3.63) is 11.6 Å². The van der Waals surface area contributed by atoms with Crippen LogP contribution in [0.2, 0.25) is 0 Å². The van der Waals surface area contributed by atoms with E-state index in [1.54, 1.807) is 0 Å². The van der Waals surface area contributed by atoms with E-state index in [2.05, 4.69) is 40.7 Å². The van der Waals surface area contributed by atoms with Crippen molar-refractivity contribution in [2.24, 2.45) is 17.3 Å². The Labute approximate surface area is 112 Å². The molecular formula is C16H28O2. The molecule has 0 radical (unpaired) electrons. The van der Waals surface area contributed by atoms with Gasteiger partial charge in [-0.15, -0.1) is 0 Å². The highest BCUT2D eigenvalue weighted by atomic mass is 16.5. The number of carbonyl (C=O) groups is 1. The first kappa shape index (κ1) is 15.3. The summed E-state index contributed by atoms with van der Waals surface area (Å²) < 4.78 is 5.51. The second kappa shape index (κ2) is 5.90. The molecule has 104 valence electrons. The molecule has 2 heteroatoms. The van der Waals surface area contributed by atoms with Gasteiger partial charge in [0.15, 0.2) is 0 Å². The minimum absolute atomic E-state index is 0.0787. The molecule has 0 aromatic rings. The van der Waals surface area contributed by atoms with E-state index in [-0.39, 0.29) is 17.5 Å². The lowest BCUT2D eigenvalue weighted by atomic mass is 9.60. The van der Waals surface area contributed by atoms with Gasteiger partial charge in [-0.2, -0.15) is 0 Å². The number of esters is 1. The van der Waals surface area contributed by atoms with Crippen LogP contribution in [0.5, 0.6) is 0 Å². The number of allylic oxidation sites excluding steroid dienone is 2. The third-order valence-electron chi connectivity index (χ3n) is 4.66. The van der Waals surface area contributed by atoms with Gasteiger partial charge >= 0.3 is 5.97 Å². The molecule has 0 amide bonds. The number of rotatable bonds is 3. The van der Waals surface area contributed by atoms with Crippen LogP contribution in [-0.4, -0.2) is 12.1 Å². The molecule has 3 unspecified atom stereocenters. The van der Waals surface area contributed by atoms with Crippen molar-refractivity contribution in [1.82, 2.24) is 0 Å². The van der Waals surface area contributed by atoms with Gasteiger partial charge < -0.3 is 4.74 Å². The maximum Gasteiger partial charge on any atom is 0.302 e. The van der Waals surface area contributed by atoms with Crippen LogP contribution in [0.4, 0.5) is 0 Å². The molecule has 3 atom stereocenters. The van der Waals surface area contributed by atoms with Gasteiger partial charge in [-0.3, -0.25) is 4.79 Å². The van der Waals surface area contributed by atoms with Gasteiger partial charge in [0.05, 0.1) is 0 Å². The predicted molar refractivity (Wildman–Crippen MR) is 75.3 cm³/mol. The number of ether oxygens (including phenoxy) is 1. The molecule has 0 saturated heterocycles. The van der Waals surface area contributed by atoms with Gasteiger partial charge in [-0.05, 0) is 37.5 Å². The zero-order chi connectivity index (χ0) is 13.9. The lowest BCUT2D eigenvalue weighted by molar-refractivity contribution is -0.153. The molecule has 2 nitrogen and oxygen atoms in total. The first-order chi connectivity index (χ1) is 8.32. The van der Waals surface area contributed by atoms with Gasteiger partial charge in [-0.1, -0.05) is 39.3 Å². The second-order valence-electron chi connectivity index (χ2n) is 6.14. The van der Waals surface area contributed by atoms with E-state index in [0.717, 1.165) is 12.8 Å². The maximum atomic E-state index is 11.2. The fourth-order valence-electron chi connectivity index (χ4n) is 3.66. The standard InChI is InChI=1S/C16H28O2/c1-7-14(11(2)3)16(6)10-8-9-15(12(16)4)18-13(5)17/h7,11-12,15H,8-10H2,1-6H3/b14-7+. The lowest BCUT2D eigenvalue weighted by Crippen LogP contribution is -2.42. The van der Waals surface area contributed by atoms with Crippen LogP contribution in [0, 0.1) is 17.3 Å². The minimum Gasteiger partial charge on any atom is -0.462 e. The fourth-order valence-corrected chi connectivity index (χ4v) is 3.66. The average Bonchev–Trinajstić information content (AvgIpc) is 2.24. The summed E-state index contributed by atoms with van der Waals surface area (Å²) in [6, 6.07) is 0. The van der Waals surface area contributed by atoms with E-state index >= 15 is 0 Å². The molecule has 0 spiro atoms. The molecule has 0 aromatic heterocycles. The Balaban J connectivity index is 2.96. The van der Waals surface area contributed by atoms with Crippen molar-refractivity contribution in [3.63, 3.8) is 0 Å². The molecule has 18 heavy (non-hydrogen) atoms. The Kier molecular flexibility index (Phi) is 5.01. The normalized spacial score (nSPS) is 33.6. The molecule has 1 fully saturated rings. The van der Waals surface area contributed by atoms with Crippen LogP contribution in [0.15, 0.2) is 11.6 Å². The monoisotopic (exact) mass is 252 g/mol. The van der Waals surface area contributed by atoms with Gasteiger partial charge in [0.25, 0.3) is 0 Å². The smallest absolute Gasteiger partial charge is 0.302 e. The minimum atomic E-state index is -0.150. The third-order valence-corrected chi connectivity index (χ3v) is 4.66. The Morgan fingerprint density at radius 1 is 1.44 bits per heavy atom. The van der Waals surface area contributed by atoms with Crippen LogP contribution < -0.4 is 0 Å². The Morgan fingerprint density at radius 2 is 2.06 bits per heavy atom. The van der Waals surface area contributed by atoms with Crippen LogP contribution >= 0.6 is 0 Å². The van der Waals surface area contributed by atoms with Gasteiger partial charge in [0, 0.05) is 12.8 Å². The summed E-state index contributed by atoms with van der Waals surface area (Å²) in [6.45, 7) is 12.7. The maximum absolute atomic E-state index is 11.2. The van der Waals surface area contributed by atoms with E-state index in [0.29, 0.717) is 11.8 Å². The fraction of sp³-hybridized carbons (Fsp3) is 0.812. The van der Waals surface area contributed by atoms with Crippen LogP contribution in [-0.2, 0) is 9.53 Å². The first-order valence-electron chi connectivity index (χ1n) is 7.16. The van der Waals surface area contributed by atoms with Crippen LogP contribution in [0.3, 0.4) is 0 Å². The molecule has 0 heterocycles. The summed E-state index contributed by atoms with van der Waals surface area (Å²) in [5.41, 5.74) is 1.67. The average molecular weight is 252 g/mol. The van der Waals surface area contributed by atoms with Crippen molar-refractivity contribution >= 4 is 5.97 Å². The molecule has 1 aliphatic rings. The Morgan fingerprint density at radius 3 is 2.50 bits per heavy atom. The molecular weight excluding hydrogens is 224 g/mol. The zero-order valence-electron chi connectivity index (χ0n) is 12.7. The van der Waals surface area contributed by atoms with Crippen molar-refractivity contribution in [3.8, 4) is 0 Å². The molecule has 0 bridgehead atoms. The quantitative estimate of drug-likeness (QED) is 0.551. The molecule has 1 saturated carbocycles. The topological polar surface area (TPSA) is 26.3 Å². The van der Waals surface area contributed by atoms with Crippen LogP contribution in [0.1, 0.15) is 60.8 Å². The highest BCUT2D eigenvalue weighted by molar-refractivity contribution is 5.66. The molecule has 1 aliphatic carbocycles. The second-order valence-corrected chi connectivity index (χ2v) is 6.14. The van der Waals surface area contributed by atoms with E-state index in [4.69, 9.17) is 4.74 Å². The van der Waals surface area contributed by atoms with Gasteiger partial charge in [0.2, 0.25) is 0 Å². The Bertz CT molecular complexity index is 330. The van der Waals surface area contributed by atoms with Crippen molar-refractivity contribution in [2.45, 2.75) is 66.9 Å². The Hall–Kier alpha value is -0.790. The SMILES string of the molecule is C/C=C(\C(C)C)C1(C)CCCC(OC(C)=O)C1C. The van der Waals surface area contributed by atoms with E-state index in [1.807, 2.05) is 0 Å². The molecule has 1 rings (SSSR count). The van der Waals surface area contributed by atoms with Gasteiger partial charge in [0.1, 0.15) is 6.10 Å². The number of carbonyl (C=O) groups excluding carboxylic acids is 1. The number of hydrogen-bond acceptors (Lipinski definition) is 2. The lowest BCUT2D eigenvalue weighted by Gasteiger charge is -2.46. The van der Waals surface area contributed by atoms with Crippen molar-refractivity contribution in [2.75, 3.05) is 0 Å². The highest BCUT2D eigenvalue weighted by Crippen LogP contribution is 2.49. The summed E-state index contributed by atoms with van der Waals surface area (Å²) in [7, 11) is 0. The summed E-state index contributed by atoms with van der Waals surface area (Å²) in [4.78, 5) is 11.2. The largest absolute Gasteiger partial charge is 0.462 e. The summed E-state index contributed by atoms with van der Waals surface area (Å²) in [6.07, 6.45) is 5.69. The summed E-state index contributed by atoms with van der Waals surface area (Å²) in [5, 5.41) is 0. The van der Waals surface area contributed by atoms with Crippen molar-refractivity contribution in [1.29, 1.82) is 0 Å². The van der Waals surface area contributed by atoms with Gasteiger partial charge in [-0.25, -0.2) is 0 Å². The van der Waals surface area contributed by atoms with E-state index < -0.39 is 0 Å². The zero-order valence-corrected chi connectivity index (χ0v) is 12.7. The van der Waals surface area contributed by atoms with E-state index in [1.165, 1.54) is 18.9 Å². The molecule has 0 aliphatic heterocycles. The van der Waals surface area contributed by atoms with Crippen molar-refractivity contribution < 1.29 is 9.53 Å². The first-order valence-corrected chi connectivity index (χ1v) is 7.16. The third kappa shape index (κ3) is 2.96. The summed E-state index contributed by atoms with van der Waals surface area (Å²) in [5.74, 6) is 0.796. The molecule has 0 aromatic carbocycles. The summed E-state index contributed by atoms with van der Waals surface area (Å²) >= 11 is 0. The predicted octanol–water partition coefficient (Wildman–Crippen LogP) is 4.35. The molecule has 0 N–H and O–H groups in total. The van der Waals surface area contributed by atoms with Crippen LogP contribution in [0.25, 0.3) is 0 Å². The highest BCUT2D eigenvalue weighted by Gasteiger charge is 2.43. The number of hydrogen-bond donors (Lipinski definition) is 0. The van der Waals surface area contributed by atoms with E-state index in [9.17, 15) is 4.79 Å².